The zero-order valence-corrected chi connectivity index (χ0v) is 21.8. The Bertz CT molecular complexity index is 1330. The van der Waals surface area contributed by atoms with Gasteiger partial charge in [0.25, 0.3) is 11.8 Å². The van der Waals surface area contributed by atoms with E-state index in [2.05, 4.69) is 52.0 Å². The van der Waals surface area contributed by atoms with Gasteiger partial charge >= 0.3 is 0 Å². The van der Waals surface area contributed by atoms with Gasteiger partial charge in [-0.2, -0.15) is 4.98 Å². The standard InChI is InChI=1S/C27H33N7O2/c1-15(2)29-23(35)18-14-28-25(30-16-11-12-19-17(13-16)24(36)34-27(19,6)7)33-22(18)32-21-10-8-9-20(31-21)26(3,4)5/h8-15H,1-7H3,(H,29,35)(H,34,36)(H2,28,30,31,32,33). The number of nitrogens with one attached hydrogen (secondary N) is 4. The normalized spacial score (nSPS) is 14.3. The van der Waals surface area contributed by atoms with Crippen molar-refractivity contribution in [1.82, 2.24) is 25.6 Å². The Hall–Kier alpha value is -4.01. The summed E-state index contributed by atoms with van der Waals surface area (Å²) in [6.07, 6.45) is 1.48. The summed E-state index contributed by atoms with van der Waals surface area (Å²) in [7, 11) is 0. The molecule has 0 atom stereocenters. The first-order valence-electron chi connectivity index (χ1n) is 12.0. The molecule has 0 bridgehead atoms. The highest BCUT2D eigenvalue weighted by Crippen LogP contribution is 2.33. The Morgan fingerprint density at radius 2 is 1.81 bits per heavy atom. The molecule has 0 radical (unpaired) electrons. The molecule has 9 nitrogen and oxygen atoms in total. The van der Waals surface area contributed by atoms with E-state index >= 15 is 0 Å². The molecule has 0 aliphatic carbocycles. The average Bonchev–Trinajstić information content (AvgIpc) is 3.00. The second-order valence-electron chi connectivity index (χ2n) is 10.8. The molecule has 2 aromatic heterocycles. The van der Waals surface area contributed by atoms with Gasteiger partial charge in [0.15, 0.2) is 0 Å². The number of carbonyl (C=O) groups is 2. The molecule has 4 N–H and O–H groups in total. The van der Waals surface area contributed by atoms with Gasteiger partial charge in [0.2, 0.25) is 5.95 Å². The molecule has 1 aliphatic heterocycles. The number of pyridine rings is 1. The van der Waals surface area contributed by atoms with Gasteiger partial charge < -0.3 is 21.3 Å². The van der Waals surface area contributed by atoms with Gasteiger partial charge in [-0.15, -0.1) is 0 Å². The topological polar surface area (TPSA) is 121 Å². The molecular weight excluding hydrogens is 454 g/mol. The third-order valence-corrected chi connectivity index (χ3v) is 5.84. The van der Waals surface area contributed by atoms with Crippen molar-refractivity contribution in [3.05, 3.63) is 65.0 Å². The molecule has 188 valence electrons. The Labute approximate surface area is 211 Å². The van der Waals surface area contributed by atoms with Gasteiger partial charge in [0.05, 0.1) is 5.54 Å². The molecule has 0 saturated carbocycles. The zero-order chi connectivity index (χ0) is 26.3. The number of nitrogens with zero attached hydrogens (tertiary/aromatic N) is 3. The minimum absolute atomic E-state index is 0.0488. The molecule has 1 aromatic carbocycles. The fourth-order valence-corrected chi connectivity index (χ4v) is 3.99. The first kappa shape index (κ1) is 25.1. The van der Waals surface area contributed by atoms with E-state index < -0.39 is 5.54 Å². The molecule has 9 heteroatoms. The van der Waals surface area contributed by atoms with E-state index in [4.69, 9.17) is 4.98 Å². The average molecular weight is 488 g/mol. The third-order valence-electron chi connectivity index (χ3n) is 5.84. The predicted octanol–water partition coefficient (Wildman–Crippen LogP) is 4.77. The minimum Gasteiger partial charge on any atom is -0.350 e. The highest BCUT2D eigenvalue weighted by molar-refractivity contribution is 6.01. The van der Waals surface area contributed by atoms with Crippen molar-refractivity contribution in [2.45, 2.75) is 65.5 Å². The first-order chi connectivity index (χ1) is 16.8. The maximum Gasteiger partial charge on any atom is 0.256 e. The van der Waals surface area contributed by atoms with Crippen LogP contribution in [-0.2, 0) is 11.0 Å². The van der Waals surface area contributed by atoms with Crippen LogP contribution in [0.4, 0.5) is 23.3 Å². The van der Waals surface area contributed by atoms with E-state index in [0.29, 0.717) is 28.5 Å². The van der Waals surface area contributed by atoms with Crippen LogP contribution in [0.1, 0.15) is 80.4 Å². The second-order valence-corrected chi connectivity index (χ2v) is 10.8. The van der Waals surface area contributed by atoms with Crippen LogP contribution >= 0.6 is 0 Å². The number of fused-ring (bicyclic) bond motifs is 1. The van der Waals surface area contributed by atoms with E-state index in [0.717, 1.165) is 11.3 Å². The van der Waals surface area contributed by atoms with E-state index in [-0.39, 0.29) is 29.2 Å². The van der Waals surface area contributed by atoms with Gasteiger partial charge in [-0.3, -0.25) is 9.59 Å². The van der Waals surface area contributed by atoms with Crippen LogP contribution in [0.5, 0.6) is 0 Å². The molecule has 1 aliphatic rings. The van der Waals surface area contributed by atoms with E-state index in [1.165, 1.54) is 6.20 Å². The zero-order valence-electron chi connectivity index (χ0n) is 21.8. The molecule has 3 aromatic rings. The highest BCUT2D eigenvalue weighted by atomic mass is 16.2. The Morgan fingerprint density at radius 3 is 2.50 bits per heavy atom. The number of aromatic nitrogens is 3. The van der Waals surface area contributed by atoms with Gasteiger partial charge in [-0.05, 0) is 57.5 Å². The lowest BCUT2D eigenvalue weighted by molar-refractivity contribution is 0.0932. The van der Waals surface area contributed by atoms with E-state index in [1.54, 1.807) is 6.07 Å². The number of hydrogen-bond acceptors (Lipinski definition) is 7. The number of anilines is 4. The van der Waals surface area contributed by atoms with Crippen LogP contribution in [0.3, 0.4) is 0 Å². The van der Waals surface area contributed by atoms with Crippen molar-refractivity contribution >= 4 is 35.1 Å². The number of amides is 2. The van der Waals surface area contributed by atoms with Crippen molar-refractivity contribution in [2.75, 3.05) is 10.6 Å². The summed E-state index contributed by atoms with van der Waals surface area (Å²) < 4.78 is 0. The molecular formula is C27H33N7O2. The highest BCUT2D eigenvalue weighted by Gasteiger charge is 2.34. The van der Waals surface area contributed by atoms with Crippen molar-refractivity contribution in [3.8, 4) is 0 Å². The Balaban J connectivity index is 1.68. The van der Waals surface area contributed by atoms with Crippen LogP contribution in [0.2, 0.25) is 0 Å². The van der Waals surface area contributed by atoms with E-state index in [9.17, 15) is 9.59 Å². The number of carbonyl (C=O) groups excluding carboxylic acids is 2. The van der Waals surface area contributed by atoms with Crippen LogP contribution in [0, 0.1) is 0 Å². The maximum atomic E-state index is 12.9. The lowest BCUT2D eigenvalue weighted by Crippen LogP contribution is -2.32. The minimum atomic E-state index is -0.418. The third kappa shape index (κ3) is 5.30. The molecule has 3 heterocycles. The first-order valence-corrected chi connectivity index (χ1v) is 12.0. The van der Waals surface area contributed by atoms with Crippen molar-refractivity contribution in [2.24, 2.45) is 0 Å². The SMILES string of the molecule is CC(C)NC(=O)c1cnc(Nc2ccc3c(c2)C(=O)NC3(C)C)nc1Nc1cccc(C(C)(C)C)n1. The molecule has 36 heavy (non-hydrogen) atoms. The van der Waals surface area contributed by atoms with Crippen molar-refractivity contribution in [3.63, 3.8) is 0 Å². The second kappa shape index (κ2) is 9.22. The summed E-state index contributed by atoms with van der Waals surface area (Å²) in [5.74, 6) is 0.768. The van der Waals surface area contributed by atoms with Crippen molar-refractivity contribution < 1.29 is 9.59 Å². The van der Waals surface area contributed by atoms with Crippen LogP contribution in [-0.4, -0.2) is 32.8 Å². The van der Waals surface area contributed by atoms with Crippen molar-refractivity contribution in [1.29, 1.82) is 0 Å². The monoisotopic (exact) mass is 487 g/mol. The van der Waals surface area contributed by atoms with Gasteiger partial charge in [0.1, 0.15) is 17.2 Å². The summed E-state index contributed by atoms with van der Waals surface area (Å²) in [4.78, 5) is 38.9. The van der Waals surface area contributed by atoms with Gasteiger partial charge in [-0.1, -0.05) is 32.9 Å². The predicted molar refractivity (Wildman–Crippen MR) is 141 cm³/mol. The van der Waals surface area contributed by atoms with Gasteiger partial charge in [0, 0.05) is 34.6 Å². The molecule has 0 fully saturated rings. The summed E-state index contributed by atoms with van der Waals surface area (Å²) in [5.41, 5.74) is 2.87. The fraction of sp³-hybridized carbons (Fsp3) is 0.370. The Kier molecular flexibility index (Phi) is 6.43. The number of rotatable bonds is 6. The maximum absolute atomic E-state index is 12.9. The summed E-state index contributed by atoms with van der Waals surface area (Å²) in [6.45, 7) is 14.0. The number of benzene rings is 1. The summed E-state index contributed by atoms with van der Waals surface area (Å²) in [5, 5.41) is 12.2. The molecule has 4 rings (SSSR count). The largest absolute Gasteiger partial charge is 0.350 e. The van der Waals surface area contributed by atoms with E-state index in [1.807, 2.05) is 58.0 Å². The Morgan fingerprint density at radius 1 is 1.06 bits per heavy atom. The summed E-state index contributed by atoms with van der Waals surface area (Å²) >= 11 is 0. The molecule has 0 spiro atoms. The molecule has 0 saturated heterocycles. The smallest absolute Gasteiger partial charge is 0.256 e. The lowest BCUT2D eigenvalue weighted by Gasteiger charge is -2.19. The van der Waals surface area contributed by atoms with Crippen LogP contribution < -0.4 is 21.3 Å². The van der Waals surface area contributed by atoms with Crippen LogP contribution in [0.15, 0.2) is 42.6 Å². The fourth-order valence-electron chi connectivity index (χ4n) is 3.99. The molecule has 0 unspecified atom stereocenters. The lowest BCUT2D eigenvalue weighted by atomic mass is 9.92. The van der Waals surface area contributed by atoms with Gasteiger partial charge in [-0.25, -0.2) is 9.97 Å². The number of hydrogen-bond donors (Lipinski definition) is 4. The quantitative estimate of drug-likeness (QED) is 0.395. The summed E-state index contributed by atoms with van der Waals surface area (Å²) in [6, 6.07) is 11.2. The van der Waals surface area contributed by atoms with Crippen LogP contribution in [0.25, 0.3) is 0 Å². The molecule has 2 amide bonds.